The number of carbonyl (C=O) groups is 1. The van der Waals surface area contributed by atoms with E-state index >= 15 is 0 Å². The van der Waals surface area contributed by atoms with Crippen molar-refractivity contribution >= 4 is 12.5 Å². The second-order valence-corrected chi connectivity index (χ2v) is 6.01. The smallest absolute Gasteiger partial charge is 0.150 e. The van der Waals surface area contributed by atoms with Gasteiger partial charge in [-0.3, -0.25) is 4.79 Å². The Kier molecular flexibility index (Phi) is 7.64. The molecule has 0 bridgehead atoms. The van der Waals surface area contributed by atoms with Crippen LogP contribution < -0.4 is 0 Å². The molecule has 0 unspecified atom stereocenters. The van der Waals surface area contributed by atoms with Gasteiger partial charge in [0.2, 0.25) is 0 Å². The predicted molar refractivity (Wildman–Crippen MR) is 103 cm³/mol. The Hall–Kier alpha value is -2.68. The third kappa shape index (κ3) is 5.71. The summed E-state index contributed by atoms with van der Waals surface area (Å²) in [4.78, 5) is 10.9. The van der Waals surface area contributed by atoms with Crippen LogP contribution in [0.2, 0.25) is 0 Å². The Labute approximate surface area is 149 Å². The van der Waals surface area contributed by atoms with Crippen molar-refractivity contribution in [3.8, 4) is 11.1 Å². The number of ether oxygens (including phenoxy) is 1. The van der Waals surface area contributed by atoms with Crippen LogP contribution in [0.1, 0.15) is 47.2 Å². The van der Waals surface area contributed by atoms with Gasteiger partial charge in [0.1, 0.15) is 6.29 Å². The van der Waals surface area contributed by atoms with E-state index < -0.39 is 0 Å². The van der Waals surface area contributed by atoms with Crippen molar-refractivity contribution in [2.24, 2.45) is 0 Å². The molecule has 0 radical (unpaired) electrons. The Morgan fingerprint density at radius 2 is 1.76 bits per heavy atom. The third-order valence-electron chi connectivity index (χ3n) is 4.23. The second kappa shape index (κ2) is 10.2. The summed E-state index contributed by atoms with van der Waals surface area (Å²) >= 11 is 0. The quantitative estimate of drug-likeness (QED) is 0.258. The van der Waals surface area contributed by atoms with Gasteiger partial charge in [-0.2, -0.15) is 0 Å². The van der Waals surface area contributed by atoms with E-state index in [1.54, 1.807) is 12.1 Å². The van der Waals surface area contributed by atoms with Crippen LogP contribution in [0, 0.1) is 5.41 Å². The van der Waals surface area contributed by atoms with Gasteiger partial charge < -0.3 is 10.1 Å². The highest BCUT2D eigenvalue weighted by atomic mass is 16.5. The van der Waals surface area contributed by atoms with Crippen molar-refractivity contribution in [1.82, 2.24) is 0 Å². The van der Waals surface area contributed by atoms with E-state index in [4.69, 9.17) is 10.1 Å². The van der Waals surface area contributed by atoms with Gasteiger partial charge in [0.15, 0.2) is 0 Å². The SMILES string of the molecule is C=COCCCCCCc1ccc(-c2ccc(C=O)cc2C=N)cc1. The minimum Gasteiger partial charge on any atom is -0.502 e. The molecule has 0 aromatic heterocycles. The van der Waals surface area contributed by atoms with Crippen molar-refractivity contribution in [1.29, 1.82) is 5.41 Å². The van der Waals surface area contributed by atoms with Crippen LogP contribution in [0.4, 0.5) is 0 Å². The number of aryl methyl sites for hydroxylation is 1. The van der Waals surface area contributed by atoms with E-state index in [-0.39, 0.29) is 0 Å². The molecule has 2 aromatic carbocycles. The first-order valence-electron chi connectivity index (χ1n) is 8.70. The number of hydrogen-bond acceptors (Lipinski definition) is 3. The summed E-state index contributed by atoms with van der Waals surface area (Å²) in [5.74, 6) is 0. The molecule has 1 N–H and O–H groups in total. The zero-order valence-corrected chi connectivity index (χ0v) is 14.5. The fraction of sp³-hybridized carbons (Fsp3) is 0.273. The van der Waals surface area contributed by atoms with Gasteiger partial charge in [-0.05, 0) is 42.0 Å². The van der Waals surface area contributed by atoms with Crippen molar-refractivity contribution in [2.75, 3.05) is 6.61 Å². The number of rotatable bonds is 11. The average Bonchev–Trinajstić information content (AvgIpc) is 2.67. The minimum absolute atomic E-state index is 0.595. The number of hydrogen-bond donors (Lipinski definition) is 1. The largest absolute Gasteiger partial charge is 0.502 e. The minimum atomic E-state index is 0.595. The van der Waals surface area contributed by atoms with Crippen LogP contribution in [0.25, 0.3) is 11.1 Å². The molecule has 0 fully saturated rings. The van der Waals surface area contributed by atoms with Crippen molar-refractivity contribution < 1.29 is 9.53 Å². The van der Waals surface area contributed by atoms with Gasteiger partial charge in [0.05, 0.1) is 12.9 Å². The van der Waals surface area contributed by atoms with E-state index in [1.807, 2.05) is 6.07 Å². The summed E-state index contributed by atoms with van der Waals surface area (Å²) in [5, 5.41) is 7.57. The number of aldehydes is 1. The van der Waals surface area contributed by atoms with Crippen molar-refractivity contribution in [3.05, 3.63) is 72.0 Å². The molecule has 0 aliphatic carbocycles. The molecular weight excluding hydrogens is 310 g/mol. The Balaban J connectivity index is 1.90. The highest BCUT2D eigenvalue weighted by molar-refractivity contribution is 5.91. The molecule has 3 heteroatoms. The highest BCUT2D eigenvalue weighted by Crippen LogP contribution is 2.24. The number of nitrogens with one attached hydrogen (secondary N) is 1. The molecule has 0 spiro atoms. The highest BCUT2D eigenvalue weighted by Gasteiger charge is 2.05. The molecule has 25 heavy (non-hydrogen) atoms. The van der Waals surface area contributed by atoms with Crippen LogP contribution in [0.3, 0.4) is 0 Å². The van der Waals surface area contributed by atoms with E-state index in [0.29, 0.717) is 5.56 Å². The lowest BCUT2D eigenvalue weighted by atomic mass is 9.96. The van der Waals surface area contributed by atoms with E-state index in [2.05, 4.69) is 30.8 Å². The molecule has 0 saturated carbocycles. The normalized spacial score (nSPS) is 10.2. The summed E-state index contributed by atoms with van der Waals surface area (Å²) in [7, 11) is 0. The molecule has 2 rings (SSSR count). The lowest BCUT2D eigenvalue weighted by Gasteiger charge is -2.08. The summed E-state index contributed by atoms with van der Waals surface area (Å²) in [6, 6.07) is 13.9. The van der Waals surface area contributed by atoms with Crippen LogP contribution >= 0.6 is 0 Å². The summed E-state index contributed by atoms with van der Waals surface area (Å²) < 4.78 is 5.12. The van der Waals surface area contributed by atoms with E-state index in [1.165, 1.54) is 37.3 Å². The predicted octanol–water partition coefficient (Wildman–Crippen LogP) is 5.43. The van der Waals surface area contributed by atoms with E-state index in [0.717, 1.165) is 42.4 Å². The molecule has 0 aliphatic rings. The van der Waals surface area contributed by atoms with Crippen LogP contribution in [0.5, 0.6) is 0 Å². The molecule has 0 aliphatic heterocycles. The number of carbonyl (C=O) groups excluding carboxylic acids is 1. The maximum Gasteiger partial charge on any atom is 0.150 e. The zero-order chi connectivity index (χ0) is 17.9. The number of benzene rings is 2. The molecule has 3 nitrogen and oxygen atoms in total. The van der Waals surface area contributed by atoms with Crippen LogP contribution in [-0.2, 0) is 11.2 Å². The fourth-order valence-corrected chi connectivity index (χ4v) is 2.84. The molecule has 0 amide bonds. The van der Waals surface area contributed by atoms with Crippen molar-refractivity contribution in [2.45, 2.75) is 32.1 Å². The zero-order valence-electron chi connectivity index (χ0n) is 14.5. The van der Waals surface area contributed by atoms with Gasteiger partial charge in [0.25, 0.3) is 0 Å². The first kappa shape index (κ1) is 18.7. The molecule has 0 atom stereocenters. The first-order chi connectivity index (χ1) is 12.3. The van der Waals surface area contributed by atoms with Gasteiger partial charge in [-0.1, -0.05) is 55.8 Å². The Bertz CT molecular complexity index is 704. The van der Waals surface area contributed by atoms with Gasteiger partial charge in [0, 0.05) is 17.3 Å². The topological polar surface area (TPSA) is 50.2 Å². The molecule has 130 valence electrons. The molecular formula is C22H25NO2. The molecule has 0 heterocycles. The molecule has 0 saturated heterocycles. The van der Waals surface area contributed by atoms with E-state index in [9.17, 15) is 4.79 Å². The second-order valence-electron chi connectivity index (χ2n) is 6.01. The van der Waals surface area contributed by atoms with Crippen molar-refractivity contribution in [3.63, 3.8) is 0 Å². The monoisotopic (exact) mass is 335 g/mol. The first-order valence-corrected chi connectivity index (χ1v) is 8.70. The van der Waals surface area contributed by atoms with Gasteiger partial charge >= 0.3 is 0 Å². The lowest BCUT2D eigenvalue weighted by molar-refractivity contribution is 0.112. The van der Waals surface area contributed by atoms with Gasteiger partial charge in [-0.25, -0.2) is 0 Å². The maximum atomic E-state index is 10.9. The summed E-state index contributed by atoms with van der Waals surface area (Å²) in [5.41, 5.74) is 4.74. The Morgan fingerprint density at radius 1 is 1.00 bits per heavy atom. The number of unbranched alkanes of at least 4 members (excludes halogenated alkanes) is 3. The van der Waals surface area contributed by atoms with Crippen LogP contribution in [-0.4, -0.2) is 19.1 Å². The lowest BCUT2D eigenvalue weighted by Crippen LogP contribution is -1.92. The van der Waals surface area contributed by atoms with Crippen LogP contribution in [0.15, 0.2) is 55.3 Å². The Morgan fingerprint density at radius 3 is 2.44 bits per heavy atom. The van der Waals surface area contributed by atoms with Gasteiger partial charge in [-0.15, -0.1) is 0 Å². The maximum absolute atomic E-state index is 10.9. The summed E-state index contributed by atoms with van der Waals surface area (Å²) in [6.45, 7) is 4.29. The summed E-state index contributed by atoms with van der Waals surface area (Å²) in [6.07, 6.45) is 9.31. The standard InChI is InChI=1S/C22H25NO2/c1-2-25-14-6-4-3-5-7-18-8-11-20(12-9-18)22-13-10-19(17-24)15-21(22)16-23/h2,8-13,15-17,23H,1,3-7,14H2. The average molecular weight is 335 g/mol. The third-order valence-corrected chi connectivity index (χ3v) is 4.23. The molecule has 2 aromatic rings. The fourth-order valence-electron chi connectivity index (χ4n) is 2.84.